The average Bonchev–Trinajstić information content (AvgIpc) is 2.17. The highest BCUT2D eigenvalue weighted by atomic mass is 32.2. The van der Waals surface area contributed by atoms with Crippen LogP contribution in [0.25, 0.3) is 0 Å². The van der Waals surface area contributed by atoms with E-state index in [2.05, 4.69) is 10.6 Å². The van der Waals surface area contributed by atoms with Gasteiger partial charge in [-0.2, -0.15) is 0 Å². The summed E-state index contributed by atoms with van der Waals surface area (Å²) < 4.78 is 0. The van der Waals surface area contributed by atoms with Gasteiger partial charge in [-0.15, -0.1) is 11.8 Å². The van der Waals surface area contributed by atoms with E-state index in [0.717, 1.165) is 0 Å². The number of amides is 2. The van der Waals surface area contributed by atoms with Gasteiger partial charge in [-0.05, 0) is 20.1 Å². The van der Waals surface area contributed by atoms with E-state index in [4.69, 9.17) is 0 Å². The predicted octanol–water partition coefficient (Wildman–Crippen LogP) is 0.726. The highest BCUT2D eigenvalue weighted by Gasteiger charge is 2.15. The third-order valence-corrected chi connectivity index (χ3v) is 2.62. The smallest absolute Gasteiger partial charge is 0.243 e. The summed E-state index contributed by atoms with van der Waals surface area (Å²) in [6.07, 6.45) is 2.32. The summed E-state index contributed by atoms with van der Waals surface area (Å²) >= 11 is 1.55. The van der Waals surface area contributed by atoms with Gasteiger partial charge in [0, 0.05) is 6.42 Å². The molecule has 0 aliphatic heterocycles. The van der Waals surface area contributed by atoms with E-state index < -0.39 is 6.04 Å². The van der Waals surface area contributed by atoms with Crippen LogP contribution < -0.4 is 10.6 Å². The second-order valence-electron chi connectivity index (χ2n) is 3.03. The molecule has 0 heterocycles. The molecule has 0 saturated heterocycles. The molecule has 2 unspecified atom stereocenters. The van der Waals surface area contributed by atoms with E-state index in [0.29, 0.717) is 6.42 Å². The standard InChI is InChI=1S/C9H18N2O2S/c1-5-8(12)10-6(2)9(13)11-7(3)14-4/h6-7H,5H2,1-4H3,(H,10,12)(H,11,13). The molecular formula is C9H18N2O2S. The first-order chi connectivity index (χ1) is 6.51. The van der Waals surface area contributed by atoms with Gasteiger partial charge in [0.05, 0.1) is 5.37 Å². The second kappa shape index (κ2) is 6.70. The van der Waals surface area contributed by atoms with Crippen LogP contribution in [-0.2, 0) is 9.59 Å². The van der Waals surface area contributed by atoms with Crippen LogP contribution in [0, 0.1) is 0 Å². The Morgan fingerprint density at radius 3 is 2.29 bits per heavy atom. The normalized spacial score (nSPS) is 14.3. The molecule has 0 aromatic carbocycles. The molecule has 0 bridgehead atoms. The van der Waals surface area contributed by atoms with E-state index >= 15 is 0 Å². The molecular weight excluding hydrogens is 200 g/mol. The number of carbonyl (C=O) groups excluding carboxylic acids is 2. The molecule has 0 aliphatic carbocycles. The zero-order chi connectivity index (χ0) is 11.1. The maximum atomic E-state index is 11.4. The third kappa shape index (κ3) is 5.11. The fourth-order valence-electron chi connectivity index (χ4n) is 0.793. The fourth-order valence-corrected chi connectivity index (χ4v) is 1.03. The summed E-state index contributed by atoms with van der Waals surface area (Å²) in [7, 11) is 0. The molecule has 0 aromatic heterocycles. The van der Waals surface area contributed by atoms with Crippen LogP contribution in [0.5, 0.6) is 0 Å². The number of thioether (sulfide) groups is 1. The number of carbonyl (C=O) groups is 2. The van der Waals surface area contributed by atoms with E-state index in [1.165, 1.54) is 0 Å². The molecule has 0 aromatic rings. The van der Waals surface area contributed by atoms with Crippen molar-refractivity contribution in [3.63, 3.8) is 0 Å². The van der Waals surface area contributed by atoms with Crippen LogP contribution in [0.1, 0.15) is 27.2 Å². The molecule has 0 spiro atoms. The Balaban J connectivity index is 3.93. The summed E-state index contributed by atoms with van der Waals surface area (Å²) in [5.74, 6) is -0.252. The zero-order valence-electron chi connectivity index (χ0n) is 9.09. The van der Waals surface area contributed by atoms with E-state index in [-0.39, 0.29) is 17.2 Å². The Morgan fingerprint density at radius 1 is 1.29 bits per heavy atom. The van der Waals surface area contributed by atoms with Crippen LogP contribution in [-0.4, -0.2) is 29.5 Å². The highest BCUT2D eigenvalue weighted by molar-refractivity contribution is 7.99. The van der Waals surface area contributed by atoms with Crippen molar-refractivity contribution < 1.29 is 9.59 Å². The minimum Gasteiger partial charge on any atom is -0.345 e. The Bertz CT molecular complexity index is 209. The summed E-state index contributed by atoms with van der Waals surface area (Å²) in [6.45, 7) is 5.33. The van der Waals surface area contributed by atoms with Gasteiger partial charge < -0.3 is 10.6 Å². The summed E-state index contributed by atoms with van der Waals surface area (Å²) in [6, 6.07) is -0.461. The lowest BCUT2D eigenvalue weighted by atomic mass is 10.3. The van der Waals surface area contributed by atoms with Crippen molar-refractivity contribution in [1.29, 1.82) is 0 Å². The first-order valence-electron chi connectivity index (χ1n) is 4.63. The molecule has 0 radical (unpaired) electrons. The van der Waals surface area contributed by atoms with Gasteiger partial charge in [0.1, 0.15) is 6.04 Å². The number of hydrogen-bond acceptors (Lipinski definition) is 3. The summed E-state index contributed by atoms with van der Waals surface area (Å²) in [5.41, 5.74) is 0. The maximum Gasteiger partial charge on any atom is 0.243 e. The van der Waals surface area contributed by atoms with Crippen LogP contribution in [0.15, 0.2) is 0 Å². The minimum atomic E-state index is -0.461. The fraction of sp³-hybridized carbons (Fsp3) is 0.778. The van der Waals surface area contributed by atoms with Crippen molar-refractivity contribution in [2.45, 2.75) is 38.6 Å². The lowest BCUT2D eigenvalue weighted by Gasteiger charge is -2.16. The lowest BCUT2D eigenvalue weighted by Crippen LogP contribution is -2.46. The molecule has 0 rings (SSSR count). The Hall–Kier alpha value is -0.710. The molecule has 82 valence electrons. The molecule has 2 amide bonds. The number of hydrogen-bond donors (Lipinski definition) is 2. The second-order valence-corrected chi connectivity index (χ2v) is 4.21. The van der Waals surface area contributed by atoms with Gasteiger partial charge in [-0.3, -0.25) is 9.59 Å². The van der Waals surface area contributed by atoms with Crippen LogP contribution >= 0.6 is 11.8 Å². The largest absolute Gasteiger partial charge is 0.345 e. The minimum absolute atomic E-state index is 0.0727. The quantitative estimate of drug-likeness (QED) is 0.669. The van der Waals surface area contributed by atoms with Crippen molar-refractivity contribution in [1.82, 2.24) is 10.6 Å². The summed E-state index contributed by atoms with van der Waals surface area (Å²) in [5, 5.41) is 5.44. The lowest BCUT2D eigenvalue weighted by molar-refractivity contribution is -0.128. The van der Waals surface area contributed by atoms with Gasteiger partial charge in [0.2, 0.25) is 11.8 Å². The van der Waals surface area contributed by atoms with Gasteiger partial charge in [-0.1, -0.05) is 6.92 Å². The Kier molecular flexibility index (Phi) is 6.36. The van der Waals surface area contributed by atoms with Crippen molar-refractivity contribution >= 4 is 23.6 Å². The van der Waals surface area contributed by atoms with Gasteiger partial charge >= 0.3 is 0 Å². The molecule has 0 aliphatic rings. The molecule has 2 atom stereocenters. The van der Waals surface area contributed by atoms with E-state index in [1.54, 1.807) is 25.6 Å². The van der Waals surface area contributed by atoms with E-state index in [1.807, 2.05) is 13.2 Å². The van der Waals surface area contributed by atoms with Crippen molar-refractivity contribution in [3.8, 4) is 0 Å². The number of nitrogens with one attached hydrogen (secondary N) is 2. The predicted molar refractivity (Wildman–Crippen MR) is 59.0 cm³/mol. The molecule has 0 fully saturated rings. The van der Waals surface area contributed by atoms with Crippen molar-refractivity contribution in [2.24, 2.45) is 0 Å². The van der Waals surface area contributed by atoms with Gasteiger partial charge in [-0.25, -0.2) is 0 Å². The highest BCUT2D eigenvalue weighted by Crippen LogP contribution is 2.00. The Labute approximate surface area is 89.2 Å². The molecule has 5 heteroatoms. The van der Waals surface area contributed by atoms with Crippen molar-refractivity contribution in [3.05, 3.63) is 0 Å². The molecule has 0 saturated carbocycles. The zero-order valence-corrected chi connectivity index (χ0v) is 9.90. The van der Waals surface area contributed by atoms with Gasteiger partial charge in [0.15, 0.2) is 0 Å². The van der Waals surface area contributed by atoms with Crippen LogP contribution in [0.3, 0.4) is 0 Å². The third-order valence-electron chi connectivity index (χ3n) is 1.79. The first-order valence-corrected chi connectivity index (χ1v) is 5.92. The first kappa shape index (κ1) is 13.3. The number of rotatable bonds is 5. The monoisotopic (exact) mass is 218 g/mol. The topological polar surface area (TPSA) is 58.2 Å². The van der Waals surface area contributed by atoms with Gasteiger partial charge in [0.25, 0.3) is 0 Å². The average molecular weight is 218 g/mol. The van der Waals surface area contributed by atoms with Crippen molar-refractivity contribution in [2.75, 3.05) is 6.26 Å². The molecule has 14 heavy (non-hydrogen) atoms. The van der Waals surface area contributed by atoms with Crippen LogP contribution in [0.4, 0.5) is 0 Å². The SMILES string of the molecule is CCC(=O)NC(C)C(=O)NC(C)SC. The maximum absolute atomic E-state index is 11.4. The van der Waals surface area contributed by atoms with Crippen LogP contribution in [0.2, 0.25) is 0 Å². The summed E-state index contributed by atoms with van der Waals surface area (Å²) in [4.78, 5) is 22.4. The Morgan fingerprint density at radius 2 is 1.86 bits per heavy atom. The molecule has 4 nitrogen and oxygen atoms in total. The van der Waals surface area contributed by atoms with E-state index in [9.17, 15) is 9.59 Å². The molecule has 2 N–H and O–H groups in total.